The Kier molecular flexibility index (Phi) is 18.1. The fourth-order valence-corrected chi connectivity index (χ4v) is 2.38. The smallest absolute Gasteiger partial charge is 0.308 e. The van der Waals surface area contributed by atoms with Crippen molar-refractivity contribution in [2.24, 2.45) is 5.41 Å². The minimum Gasteiger partial charge on any atom is -0.460 e. The molecule has 0 aliphatic heterocycles. The van der Waals surface area contributed by atoms with E-state index in [2.05, 4.69) is 37.9 Å². The van der Waals surface area contributed by atoms with Crippen LogP contribution in [0.5, 0.6) is 0 Å². The molecule has 0 unspecified atom stereocenters. The Balaban J connectivity index is 3.57. The summed E-state index contributed by atoms with van der Waals surface area (Å²) < 4.78 is 26.7. The molecule has 202 valence electrons. The lowest BCUT2D eigenvalue weighted by Crippen LogP contribution is -2.26. The molecule has 1 N–H and O–H groups in total. The normalized spacial score (nSPS) is 11.5. The lowest BCUT2D eigenvalue weighted by Gasteiger charge is -2.19. The second-order valence-corrected chi connectivity index (χ2v) is 10.1. The topological polar surface area (TPSA) is 109 Å². The standard InChI is InChI=1S/C26H45NO8/c1-25(2,3)12-16-33-20-18-31-14-7-8-22(28)9-10-23(29)27-13-17-34-21-19-32-15-11-24(30)35-26(4,5)6/h7-8,11-21H2,1-6H3,(H,27,29). The molecular formula is C26H45NO8. The first-order valence-electron chi connectivity index (χ1n) is 12.2. The molecule has 0 spiro atoms. The number of ether oxygens (including phenoxy) is 5. The molecule has 0 aliphatic rings. The number of amides is 1. The van der Waals surface area contributed by atoms with Gasteiger partial charge in [0.1, 0.15) is 5.60 Å². The number of nitrogens with one attached hydrogen (secondary N) is 1. The Bertz CT molecular complexity index is 668. The molecule has 0 saturated carbocycles. The Morgan fingerprint density at radius 2 is 1.26 bits per heavy atom. The van der Waals surface area contributed by atoms with Gasteiger partial charge in [-0.25, -0.2) is 0 Å². The molecule has 0 heterocycles. The first-order valence-corrected chi connectivity index (χ1v) is 12.2. The molecule has 9 nitrogen and oxygen atoms in total. The summed E-state index contributed by atoms with van der Waals surface area (Å²) in [6, 6.07) is 0. The minimum atomic E-state index is -0.529. The molecule has 0 saturated heterocycles. The van der Waals surface area contributed by atoms with Gasteiger partial charge in [-0.15, -0.1) is 0 Å². The van der Waals surface area contributed by atoms with Crippen LogP contribution < -0.4 is 5.32 Å². The highest BCUT2D eigenvalue weighted by atomic mass is 16.6. The van der Waals surface area contributed by atoms with Gasteiger partial charge < -0.3 is 29.0 Å². The van der Waals surface area contributed by atoms with E-state index in [1.165, 1.54) is 0 Å². The molecule has 0 aliphatic carbocycles. The quantitative estimate of drug-likeness (QED) is 0.133. The number of hydrogen-bond acceptors (Lipinski definition) is 8. The van der Waals surface area contributed by atoms with E-state index in [1.54, 1.807) is 0 Å². The maximum atomic E-state index is 11.7. The Hall–Kier alpha value is -1.99. The summed E-state index contributed by atoms with van der Waals surface area (Å²) in [6.45, 7) is 15.6. The predicted molar refractivity (Wildman–Crippen MR) is 133 cm³/mol. The van der Waals surface area contributed by atoms with Crippen LogP contribution in [-0.2, 0) is 38.1 Å². The molecule has 0 fully saturated rings. The van der Waals surface area contributed by atoms with Gasteiger partial charge in [0, 0.05) is 32.1 Å². The summed E-state index contributed by atoms with van der Waals surface area (Å²) in [7, 11) is 0. The van der Waals surface area contributed by atoms with Crippen molar-refractivity contribution in [3.05, 3.63) is 0 Å². The molecule has 1 amide bonds. The van der Waals surface area contributed by atoms with Crippen molar-refractivity contribution in [3.63, 3.8) is 0 Å². The van der Waals surface area contributed by atoms with E-state index in [9.17, 15) is 14.4 Å². The second-order valence-electron chi connectivity index (χ2n) is 10.1. The van der Waals surface area contributed by atoms with E-state index in [0.717, 1.165) is 6.42 Å². The van der Waals surface area contributed by atoms with Crippen molar-refractivity contribution >= 4 is 17.7 Å². The van der Waals surface area contributed by atoms with Gasteiger partial charge in [-0.1, -0.05) is 20.8 Å². The van der Waals surface area contributed by atoms with Gasteiger partial charge >= 0.3 is 5.97 Å². The van der Waals surface area contributed by atoms with Crippen LogP contribution in [0.15, 0.2) is 0 Å². The first kappa shape index (κ1) is 33.0. The molecule has 0 atom stereocenters. The van der Waals surface area contributed by atoms with E-state index >= 15 is 0 Å². The monoisotopic (exact) mass is 499 g/mol. The summed E-state index contributed by atoms with van der Waals surface area (Å²) in [5.74, 6) is 3.48. The fraction of sp³-hybridized carbons (Fsp3) is 0.808. The highest BCUT2D eigenvalue weighted by Crippen LogP contribution is 2.17. The third kappa shape index (κ3) is 26.5. The third-order valence-electron chi connectivity index (χ3n) is 4.15. The van der Waals surface area contributed by atoms with Gasteiger partial charge in [0.25, 0.3) is 5.91 Å². The number of carbonyl (C=O) groups is 3. The molecule has 0 bridgehead atoms. The first-order chi connectivity index (χ1) is 16.4. The lowest BCUT2D eigenvalue weighted by atomic mass is 9.93. The van der Waals surface area contributed by atoms with Gasteiger partial charge in [0.05, 0.1) is 46.1 Å². The van der Waals surface area contributed by atoms with Crippen LogP contribution in [-0.4, -0.2) is 82.7 Å². The minimum absolute atomic E-state index is 0.185. The zero-order valence-electron chi connectivity index (χ0n) is 22.5. The second kappa shape index (κ2) is 19.2. The number of rotatable bonds is 18. The summed E-state index contributed by atoms with van der Waals surface area (Å²) in [4.78, 5) is 34.9. The van der Waals surface area contributed by atoms with E-state index < -0.39 is 11.5 Å². The van der Waals surface area contributed by atoms with Crippen LogP contribution in [0.25, 0.3) is 0 Å². The molecule has 9 heteroatoms. The SMILES string of the molecule is CC(C)(C)CCOCCOCCCC(=O)C#CC(=O)NCCOCCOCCC(=O)OC(C)(C)C. The van der Waals surface area contributed by atoms with Crippen LogP contribution in [0, 0.1) is 17.3 Å². The van der Waals surface area contributed by atoms with E-state index in [-0.39, 0.29) is 49.8 Å². The highest BCUT2D eigenvalue weighted by molar-refractivity contribution is 6.03. The van der Waals surface area contributed by atoms with Gasteiger partial charge in [-0.2, -0.15) is 0 Å². The molecular weight excluding hydrogens is 454 g/mol. The van der Waals surface area contributed by atoms with Crippen molar-refractivity contribution < 1.29 is 38.1 Å². The molecule has 0 radical (unpaired) electrons. The zero-order chi connectivity index (χ0) is 26.6. The summed E-state index contributed by atoms with van der Waals surface area (Å²) in [5.41, 5.74) is -0.243. The molecule has 0 aromatic heterocycles. The molecule has 35 heavy (non-hydrogen) atoms. The lowest BCUT2D eigenvalue weighted by molar-refractivity contribution is -0.156. The Labute approximate surface area is 210 Å². The predicted octanol–water partition coefficient (Wildman–Crippen LogP) is 2.69. The van der Waals surface area contributed by atoms with Gasteiger partial charge in [0.2, 0.25) is 5.78 Å². The Morgan fingerprint density at radius 1 is 0.686 bits per heavy atom. The molecule has 0 aromatic carbocycles. The zero-order valence-corrected chi connectivity index (χ0v) is 22.5. The number of ketones is 1. The maximum absolute atomic E-state index is 11.7. The van der Waals surface area contributed by atoms with Gasteiger partial charge in [0.15, 0.2) is 0 Å². The van der Waals surface area contributed by atoms with Crippen molar-refractivity contribution in [3.8, 4) is 11.8 Å². The number of Topliss-reactive ketones (excluding diaryl/α,β-unsaturated/α-hetero) is 1. The maximum Gasteiger partial charge on any atom is 0.308 e. The fourth-order valence-electron chi connectivity index (χ4n) is 2.38. The molecule has 0 rings (SSSR count). The largest absolute Gasteiger partial charge is 0.460 e. The number of hydrogen-bond donors (Lipinski definition) is 1. The van der Waals surface area contributed by atoms with Crippen molar-refractivity contribution in [2.75, 3.05) is 59.4 Å². The average molecular weight is 500 g/mol. The summed E-state index contributed by atoms with van der Waals surface area (Å²) in [5, 5.41) is 2.56. The van der Waals surface area contributed by atoms with Crippen LogP contribution >= 0.6 is 0 Å². The average Bonchev–Trinajstić information content (AvgIpc) is 2.73. The van der Waals surface area contributed by atoms with Crippen LogP contribution in [0.1, 0.15) is 67.2 Å². The van der Waals surface area contributed by atoms with Crippen molar-refractivity contribution in [1.82, 2.24) is 5.32 Å². The number of carbonyl (C=O) groups excluding carboxylic acids is 3. The highest BCUT2D eigenvalue weighted by Gasteiger charge is 2.15. The third-order valence-corrected chi connectivity index (χ3v) is 4.15. The number of esters is 1. The molecule has 0 aromatic rings. The summed E-state index contributed by atoms with van der Waals surface area (Å²) >= 11 is 0. The van der Waals surface area contributed by atoms with Crippen molar-refractivity contribution in [1.29, 1.82) is 0 Å². The van der Waals surface area contributed by atoms with Crippen LogP contribution in [0.4, 0.5) is 0 Å². The van der Waals surface area contributed by atoms with Gasteiger partial charge in [-0.3, -0.25) is 14.4 Å². The van der Waals surface area contributed by atoms with Gasteiger partial charge in [-0.05, 0) is 44.9 Å². The van der Waals surface area contributed by atoms with Crippen LogP contribution in [0.2, 0.25) is 0 Å². The van der Waals surface area contributed by atoms with Crippen LogP contribution in [0.3, 0.4) is 0 Å². The van der Waals surface area contributed by atoms with E-state index in [0.29, 0.717) is 46.1 Å². The summed E-state index contributed by atoms with van der Waals surface area (Å²) in [6.07, 6.45) is 1.96. The van der Waals surface area contributed by atoms with E-state index in [4.69, 9.17) is 23.7 Å². The van der Waals surface area contributed by atoms with E-state index in [1.807, 2.05) is 20.8 Å². The van der Waals surface area contributed by atoms with Crippen molar-refractivity contribution in [2.45, 2.75) is 72.8 Å². The Morgan fingerprint density at radius 3 is 1.86 bits per heavy atom.